The van der Waals surface area contributed by atoms with Gasteiger partial charge in [-0.05, 0) is 62.0 Å². The predicted octanol–water partition coefficient (Wildman–Crippen LogP) is 3.60. The highest BCUT2D eigenvalue weighted by molar-refractivity contribution is 7.80. The van der Waals surface area contributed by atoms with Gasteiger partial charge in [0.2, 0.25) is 5.91 Å². The van der Waals surface area contributed by atoms with E-state index >= 15 is 0 Å². The Labute approximate surface area is 179 Å². The molecule has 0 spiro atoms. The Hall–Kier alpha value is -3.59. The van der Waals surface area contributed by atoms with E-state index in [2.05, 4.69) is 10.6 Å². The number of benzene rings is 2. The molecule has 2 amide bonds. The number of amides is 2. The van der Waals surface area contributed by atoms with Crippen LogP contribution in [0.15, 0.2) is 54.6 Å². The average Bonchev–Trinajstić information content (AvgIpc) is 2.73. The van der Waals surface area contributed by atoms with Gasteiger partial charge in [-0.3, -0.25) is 25.0 Å². The maximum Gasteiger partial charge on any atom is 0.270 e. The number of thiocarbonyl (C=S) groups is 1. The summed E-state index contributed by atoms with van der Waals surface area (Å²) in [5, 5.41) is 16.2. The molecule has 0 atom stereocenters. The van der Waals surface area contributed by atoms with E-state index in [0.29, 0.717) is 29.9 Å². The maximum absolute atomic E-state index is 12.3. The van der Waals surface area contributed by atoms with Crippen molar-refractivity contribution in [1.82, 2.24) is 10.2 Å². The first-order chi connectivity index (χ1) is 14.3. The minimum absolute atomic E-state index is 0.0475. The molecule has 0 saturated carbocycles. The summed E-state index contributed by atoms with van der Waals surface area (Å²) in [6.45, 7) is 5.11. The number of nitro benzene ring substituents is 1. The zero-order valence-electron chi connectivity index (χ0n) is 16.6. The number of non-ortho nitro benzene ring substituents is 1. The summed E-state index contributed by atoms with van der Waals surface area (Å²) in [5.41, 5.74) is 1.66. The van der Waals surface area contributed by atoms with Crippen molar-refractivity contribution in [3.63, 3.8) is 0 Å². The van der Waals surface area contributed by atoms with E-state index in [9.17, 15) is 19.7 Å². The second kappa shape index (κ2) is 10.8. The second-order valence-electron chi connectivity index (χ2n) is 6.18. The number of nitro groups is 1. The summed E-state index contributed by atoms with van der Waals surface area (Å²) in [4.78, 5) is 36.3. The van der Waals surface area contributed by atoms with Crippen LogP contribution in [-0.2, 0) is 4.79 Å². The van der Waals surface area contributed by atoms with E-state index in [4.69, 9.17) is 12.2 Å². The fourth-order valence-electron chi connectivity index (χ4n) is 2.62. The fourth-order valence-corrected chi connectivity index (χ4v) is 2.84. The first-order valence-electron chi connectivity index (χ1n) is 9.27. The molecule has 0 unspecified atom stereocenters. The van der Waals surface area contributed by atoms with E-state index < -0.39 is 10.8 Å². The highest BCUT2D eigenvalue weighted by atomic mass is 32.1. The Morgan fingerprint density at radius 3 is 2.40 bits per heavy atom. The van der Waals surface area contributed by atoms with Crippen LogP contribution >= 0.6 is 12.2 Å². The summed E-state index contributed by atoms with van der Waals surface area (Å²) in [7, 11) is 0. The van der Waals surface area contributed by atoms with Gasteiger partial charge < -0.3 is 10.2 Å². The molecule has 2 N–H and O–H groups in total. The first-order valence-corrected chi connectivity index (χ1v) is 9.68. The van der Waals surface area contributed by atoms with Gasteiger partial charge in [0.15, 0.2) is 5.11 Å². The van der Waals surface area contributed by atoms with Gasteiger partial charge in [0.1, 0.15) is 0 Å². The molecule has 0 aliphatic carbocycles. The Balaban J connectivity index is 1.92. The van der Waals surface area contributed by atoms with Crippen molar-refractivity contribution in [2.75, 3.05) is 18.4 Å². The quantitative estimate of drug-likeness (QED) is 0.303. The van der Waals surface area contributed by atoms with Crippen molar-refractivity contribution < 1.29 is 14.5 Å². The number of nitrogens with one attached hydrogen (secondary N) is 2. The minimum atomic E-state index is -0.503. The van der Waals surface area contributed by atoms with Crippen LogP contribution in [0.3, 0.4) is 0 Å². The van der Waals surface area contributed by atoms with Crippen molar-refractivity contribution in [1.29, 1.82) is 0 Å². The van der Waals surface area contributed by atoms with Crippen LogP contribution in [0.2, 0.25) is 0 Å². The van der Waals surface area contributed by atoms with E-state index in [1.165, 1.54) is 30.4 Å². The molecule has 0 aromatic heterocycles. The third-order valence-electron chi connectivity index (χ3n) is 4.19. The van der Waals surface area contributed by atoms with Crippen LogP contribution in [0.25, 0.3) is 6.08 Å². The number of rotatable bonds is 7. The summed E-state index contributed by atoms with van der Waals surface area (Å²) < 4.78 is 0. The van der Waals surface area contributed by atoms with Crippen molar-refractivity contribution in [2.45, 2.75) is 13.8 Å². The Kier molecular flexibility index (Phi) is 8.18. The summed E-state index contributed by atoms with van der Waals surface area (Å²) in [6.07, 6.45) is 2.69. The van der Waals surface area contributed by atoms with E-state index in [1.54, 1.807) is 35.2 Å². The van der Waals surface area contributed by atoms with Crippen LogP contribution in [0, 0.1) is 10.1 Å². The molecule has 30 heavy (non-hydrogen) atoms. The molecule has 2 aromatic carbocycles. The summed E-state index contributed by atoms with van der Waals surface area (Å²) >= 11 is 5.12. The molecule has 0 bridgehead atoms. The van der Waals surface area contributed by atoms with Gasteiger partial charge in [-0.15, -0.1) is 0 Å². The summed E-state index contributed by atoms with van der Waals surface area (Å²) in [6, 6.07) is 12.7. The van der Waals surface area contributed by atoms with Crippen LogP contribution in [-0.4, -0.2) is 39.8 Å². The smallest absolute Gasteiger partial charge is 0.270 e. The molecule has 0 radical (unpaired) electrons. The number of carbonyl (C=O) groups is 2. The lowest BCUT2D eigenvalue weighted by Crippen LogP contribution is -2.33. The Morgan fingerprint density at radius 2 is 1.80 bits per heavy atom. The van der Waals surface area contributed by atoms with E-state index in [1.807, 2.05) is 13.8 Å². The third kappa shape index (κ3) is 6.49. The predicted molar refractivity (Wildman–Crippen MR) is 120 cm³/mol. The van der Waals surface area contributed by atoms with Crippen LogP contribution in [0.5, 0.6) is 0 Å². The Bertz CT molecular complexity index is 969. The SMILES string of the molecule is CCN(CC)C(=O)c1ccc(NC(=S)NC(=O)/C=C/c2cccc([N+](=O)[O-])c2)cc1. The highest BCUT2D eigenvalue weighted by Gasteiger charge is 2.12. The number of carbonyl (C=O) groups excluding carboxylic acids is 2. The molecule has 0 heterocycles. The second-order valence-corrected chi connectivity index (χ2v) is 6.59. The number of hydrogen-bond donors (Lipinski definition) is 2. The van der Waals surface area contributed by atoms with Crippen molar-refractivity contribution in [3.05, 3.63) is 75.8 Å². The monoisotopic (exact) mass is 426 g/mol. The average molecular weight is 426 g/mol. The molecule has 8 nitrogen and oxygen atoms in total. The third-order valence-corrected chi connectivity index (χ3v) is 4.39. The molecule has 9 heteroatoms. The molecule has 156 valence electrons. The molecule has 0 saturated heterocycles. The zero-order valence-corrected chi connectivity index (χ0v) is 17.4. The topological polar surface area (TPSA) is 105 Å². The highest BCUT2D eigenvalue weighted by Crippen LogP contribution is 2.14. The zero-order chi connectivity index (χ0) is 22.1. The number of hydrogen-bond acceptors (Lipinski definition) is 5. The molecular weight excluding hydrogens is 404 g/mol. The maximum atomic E-state index is 12.3. The fraction of sp³-hybridized carbons (Fsp3) is 0.190. The normalized spacial score (nSPS) is 10.5. The van der Waals surface area contributed by atoms with Crippen LogP contribution in [0.4, 0.5) is 11.4 Å². The lowest BCUT2D eigenvalue weighted by Gasteiger charge is -2.18. The standard InChI is InChI=1S/C21H22N4O4S/c1-3-24(4-2)20(27)16-9-11-17(12-10-16)22-21(30)23-19(26)13-8-15-6-5-7-18(14-15)25(28)29/h5-14H,3-4H2,1-2H3,(H2,22,23,26,30)/b13-8+. The Morgan fingerprint density at radius 1 is 1.13 bits per heavy atom. The van der Waals surface area contributed by atoms with Crippen LogP contribution < -0.4 is 10.6 Å². The van der Waals surface area contributed by atoms with Gasteiger partial charge in [-0.25, -0.2) is 0 Å². The number of nitrogens with zero attached hydrogens (tertiary/aromatic N) is 2. The molecule has 0 aliphatic rings. The largest absolute Gasteiger partial charge is 0.339 e. The van der Waals surface area contributed by atoms with Gasteiger partial charge in [-0.1, -0.05) is 12.1 Å². The summed E-state index contributed by atoms with van der Waals surface area (Å²) in [5.74, 6) is -0.527. The molecule has 0 aliphatic heterocycles. The first kappa shape index (κ1) is 22.7. The number of anilines is 1. The van der Waals surface area contributed by atoms with Crippen LogP contribution in [0.1, 0.15) is 29.8 Å². The van der Waals surface area contributed by atoms with Crippen molar-refractivity contribution in [2.24, 2.45) is 0 Å². The van der Waals surface area contributed by atoms with Crippen molar-refractivity contribution >= 4 is 46.6 Å². The van der Waals surface area contributed by atoms with Gasteiger partial charge >= 0.3 is 0 Å². The van der Waals surface area contributed by atoms with E-state index in [0.717, 1.165) is 0 Å². The minimum Gasteiger partial charge on any atom is -0.339 e. The lowest BCUT2D eigenvalue weighted by molar-refractivity contribution is -0.384. The van der Waals surface area contributed by atoms with E-state index in [-0.39, 0.29) is 16.7 Å². The van der Waals surface area contributed by atoms with Crippen molar-refractivity contribution in [3.8, 4) is 0 Å². The molecule has 2 rings (SSSR count). The molecular formula is C21H22N4O4S. The molecule has 2 aromatic rings. The van der Waals surface area contributed by atoms with Gasteiger partial charge in [-0.2, -0.15) is 0 Å². The molecule has 0 fully saturated rings. The van der Waals surface area contributed by atoms with Gasteiger partial charge in [0.25, 0.3) is 11.6 Å². The lowest BCUT2D eigenvalue weighted by atomic mass is 10.2. The van der Waals surface area contributed by atoms with Gasteiger partial charge in [0.05, 0.1) is 4.92 Å². The van der Waals surface area contributed by atoms with Gasteiger partial charge in [0, 0.05) is 42.5 Å².